The predicted octanol–water partition coefficient (Wildman–Crippen LogP) is 3.44. The summed E-state index contributed by atoms with van der Waals surface area (Å²) in [5, 5.41) is 0. The Bertz CT molecular complexity index is 593. The lowest BCUT2D eigenvalue weighted by Crippen LogP contribution is -1.99. The van der Waals surface area contributed by atoms with Gasteiger partial charge in [0, 0.05) is 18.1 Å². The van der Waals surface area contributed by atoms with Crippen LogP contribution in [0.2, 0.25) is 0 Å². The maximum Gasteiger partial charge on any atom is 0.130 e. The van der Waals surface area contributed by atoms with Gasteiger partial charge in [-0.05, 0) is 35.4 Å². The van der Waals surface area contributed by atoms with E-state index in [0.29, 0.717) is 12.4 Å². The van der Waals surface area contributed by atoms with Crippen LogP contribution in [0.1, 0.15) is 5.56 Å². The van der Waals surface area contributed by atoms with Crippen LogP contribution in [0.4, 0.5) is 4.39 Å². The van der Waals surface area contributed by atoms with Gasteiger partial charge in [0.15, 0.2) is 0 Å². The van der Waals surface area contributed by atoms with Crippen LogP contribution in [-0.2, 0) is 6.42 Å². The zero-order valence-corrected chi connectivity index (χ0v) is 10.1. The zero-order chi connectivity index (χ0) is 12.5. The second kappa shape index (κ2) is 4.33. The van der Waals surface area contributed by atoms with Crippen molar-refractivity contribution in [3.05, 3.63) is 47.8 Å². The van der Waals surface area contributed by atoms with Gasteiger partial charge in [-0.1, -0.05) is 6.07 Å². The molecular formula is C15H13FO2. The molecule has 0 saturated carbocycles. The number of benzene rings is 2. The summed E-state index contributed by atoms with van der Waals surface area (Å²) in [6, 6.07) is 10.6. The molecule has 0 unspecified atom stereocenters. The largest absolute Gasteiger partial charge is 0.497 e. The molecule has 0 spiro atoms. The summed E-state index contributed by atoms with van der Waals surface area (Å²) in [4.78, 5) is 0. The minimum Gasteiger partial charge on any atom is -0.497 e. The smallest absolute Gasteiger partial charge is 0.130 e. The van der Waals surface area contributed by atoms with E-state index in [0.717, 1.165) is 23.3 Å². The van der Waals surface area contributed by atoms with Crippen molar-refractivity contribution in [1.82, 2.24) is 0 Å². The fourth-order valence-electron chi connectivity index (χ4n) is 2.28. The van der Waals surface area contributed by atoms with Crippen molar-refractivity contribution in [2.45, 2.75) is 6.42 Å². The van der Waals surface area contributed by atoms with Gasteiger partial charge in [0.25, 0.3) is 0 Å². The molecule has 2 aromatic rings. The van der Waals surface area contributed by atoms with Gasteiger partial charge in [-0.15, -0.1) is 0 Å². The van der Waals surface area contributed by atoms with Gasteiger partial charge in [0.2, 0.25) is 0 Å². The van der Waals surface area contributed by atoms with Crippen molar-refractivity contribution in [3.8, 4) is 22.6 Å². The Labute approximate surface area is 105 Å². The average Bonchev–Trinajstić information content (AvgIpc) is 2.56. The van der Waals surface area contributed by atoms with Crippen LogP contribution in [0, 0.1) is 5.82 Å². The maximum atomic E-state index is 13.2. The monoisotopic (exact) mass is 244 g/mol. The molecule has 0 amide bonds. The number of hydrogen-bond donors (Lipinski definition) is 0. The first-order chi connectivity index (χ1) is 8.78. The molecule has 3 heteroatoms. The summed E-state index contributed by atoms with van der Waals surface area (Å²) in [5.41, 5.74) is 3.19. The van der Waals surface area contributed by atoms with Crippen LogP contribution in [0.15, 0.2) is 36.4 Å². The van der Waals surface area contributed by atoms with Crippen LogP contribution in [0.25, 0.3) is 11.1 Å². The first kappa shape index (κ1) is 11.1. The molecule has 0 aromatic heterocycles. The third-order valence-corrected chi connectivity index (χ3v) is 3.18. The zero-order valence-electron chi connectivity index (χ0n) is 10.1. The average molecular weight is 244 g/mol. The van der Waals surface area contributed by atoms with Crippen molar-refractivity contribution in [3.63, 3.8) is 0 Å². The third-order valence-electron chi connectivity index (χ3n) is 3.18. The fraction of sp³-hybridized carbons (Fsp3) is 0.200. The molecule has 1 aliphatic rings. The molecule has 18 heavy (non-hydrogen) atoms. The van der Waals surface area contributed by atoms with Crippen molar-refractivity contribution >= 4 is 0 Å². The molecule has 0 atom stereocenters. The Morgan fingerprint density at radius 3 is 2.78 bits per heavy atom. The molecule has 1 heterocycles. The number of ether oxygens (including phenoxy) is 2. The number of halogens is 1. The molecule has 0 fully saturated rings. The highest BCUT2D eigenvalue weighted by Crippen LogP contribution is 2.37. The summed E-state index contributed by atoms with van der Waals surface area (Å²) in [6.07, 6.45) is 0.794. The molecule has 1 aliphatic heterocycles. The van der Waals surface area contributed by atoms with Crippen LogP contribution in [-0.4, -0.2) is 13.7 Å². The lowest BCUT2D eigenvalue weighted by molar-refractivity contribution is 0.324. The van der Waals surface area contributed by atoms with E-state index in [1.54, 1.807) is 13.2 Å². The minimum absolute atomic E-state index is 0.272. The molecule has 2 aromatic carbocycles. The van der Waals surface area contributed by atoms with Gasteiger partial charge >= 0.3 is 0 Å². The van der Waals surface area contributed by atoms with Gasteiger partial charge in [-0.2, -0.15) is 0 Å². The van der Waals surface area contributed by atoms with Crippen LogP contribution >= 0.6 is 0 Å². The van der Waals surface area contributed by atoms with Gasteiger partial charge in [-0.25, -0.2) is 4.39 Å². The lowest BCUT2D eigenvalue weighted by atomic mass is 9.98. The fourth-order valence-corrected chi connectivity index (χ4v) is 2.28. The van der Waals surface area contributed by atoms with E-state index in [-0.39, 0.29) is 5.82 Å². The Hall–Kier alpha value is -2.03. The predicted molar refractivity (Wildman–Crippen MR) is 67.6 cm³/mol. The maximum absolute atomic E-state index is 13.2. The summed E-state index contributed by atoms with van der Waals surface area (Å²) in [5.74, 6) is 1.17. The van der Waals surface area contributed by atoms with E-state index >= 15 is 0 Å². The lowest BCUT2D eigenvalue weighted by Gasteiger charge is -2.09. The van der Waals surface area contributed by atoms with E-state index < -0.39 is 0 Å². The van der Waals surface area contributed by atoms with Crippen molar-refractivity contribution < 1.29 is 13.9 Å². The molecule has 2 nitrogen and oxygen atoms in total. The third kappa shape index (κ3) is 1.82. The van der Waals surface area contributed by atoms with Crippen LogP contribution in [0.3, 0.4) is 0 Å². The standard InChI is InChI=1S/C15H13FO2/c1-17-12-3-5-13-10(8-12)6-7-18-15-9-11(16)2-4-14(13)15/h2-5,8-9H,6-7H2,1H3. The van der Waals surface area contributed by atoms with Crippen molar-refractivity contribution in [2.24, 2.45) is 0 Å². The normalized spacial score (nSPS) is 13.0. The summed E-state index contributed by atoms with van der Waals surface area (Å²) in [7, 11) is 1.65. The van der Waals surface area contributed by atoms with Crippen LogP contribution in [0.5, 0.6) is 11.5 Å². The van der Waals surface area contributed by atoms with Gasteiger partial charge < -0.3 is 9.47 Å². The van der Waals surface area contributed by atoms with Gasteiger partial charge in [0.1, 0.15) is 17.3 Å². The number of fused-ring (bicyclic) bond motifs is 3. The Morgan fingerprint density at radius 2 is 1.94 bits per heavy atom. The molecule has 0 bridgehead atoms. The highest BCUT2D eigenvalue weighted by Gasteiger charge is 2.16. The topological polar surface area (TPSA) is 18.5 Å². The molecule has 0 saturated heterocycles. The summed E-state index contributed by atoms with van der Waals surface area (Å²) in [6.45, 7) is 0.552. The van der Waals surface area contributed by atoms with Crippen molar-refractivity contribution in [1.29, 1.82) is 0 Å². The Balaban J connectivity index is 2.18. The first-order valence-electron chi connectivity index (χ1n) is 5.87. The first-order valence-corrected chi connectivity index (χ1v) is 5.87. The highest BCUT2D eigenvalue weighted by atomic mass is 19.1. The van der Waals surface area contributed by atoms with E-state index in [2.05, 4.69) is 0 Å². The number of rotatable bonds is 1. The Kier molecular flexibility index (Phi) is 2.67. The van der Waals surface area contributed by atoms with E-state index in [9.17, 15) is 4.39 Å². The SMILES string of the molecule is COc1ccc2c(c1)CCOc1cc(F)ccc1-2. The second-order valence-electron chi connectivity index (χ2n) is 4.26. The van der Waals surface area contributed by atoms with E-state index in [1.165, 1.54) is 17.7 Å². The minimum atomic E-state index is -0.272. The molecule has 0 radical (unpaired) electrons. The van der Waals surface area contributed by atoms with Crippen LogP contribution < -0.4 is 9.47 Å². The molecular weight excluding hydrogens is 231 g/mol. The van der Waals surface area contributed by atoms with Gasteiger partial charge in [-0.3, -0.25) is 0 Å². The molecule has 3 rings (SSSR count). The van der Waals surface area contributed by atoms with E-state index in [1.807, 2.05) is 18.2 Å². The summed E-state index contributed by atoms with van der Waals surface area (Å²) >= 11 is 0. The number of methoxy groups -OCH3 is 1. The molecule has 0 aliphatic carbocycles. The number of hydrogen-bond acceptors (Lipinski definition) is 2. The van der Waals surface area contributed by atoms with Crippen molar-refractivity contribution in [2.75, 3.05) is 13.7 Å². The summed E-state index contributed by atoms with van der Waals surface area (Å²) < 4.78 is 24.1. The van der Waals surface area contributed by atoms with Gasteiger partial charge in [0.05, 0.1) is 13.7 Å². The highest BCUT2D eigenvalue weighted by molar-refractivity contribution is 5.74. The molecule has 92 valence electrons. The Morgan fingerprint density at radius 1 is 1.11 bits per heavy atom. The molecule has 0 N–H and O–H groups in total. The second-order valence-corrected chi connectivity index (χ2v) is 4.26. The quantitative estimate of drug-likeness (QED) is 0.765. The van der Waals surface area contributed by atoms with E-state index in [4.69, 9.17) is 9.47 Å².